The van der Waals surface area contributed by atoms with Crippen molar-refractivity contribution >= 4 is 17.8 Å². The van der Waals surface area contributed by atoms with Crippen LogP contribution in [0.2, 0.25) is 0 Å². The number of carbonyl (C=O) groups excluding carboxylic acids is 2. The second kappa shape index (κ2) is 12.4. The van der Waals surface area contributed by atoms with E-state index in [4.69, 9.17) is 0 Å². The van der Waals surface area contributed by atoms with Crippen molar-refractivity contribution in [1.82, 2.24) is 15.1 Å². The monoisotopic (exact) mass is 451 g/mol. The van der Waals surface area contributed by atoms with Gasteiger partial charge < -0.3 is 15.3 Å². The average molecular weight is 452 g/mol. The number of hydrogen-bond acceptors (Lipinski definition) is 4. The summed E-state index contributed by atoms with van der Waals surface area (Å²) in [5.74, 6) is -0.743. The molecule has 0 spiro atoms. The maximum absolute atomic E-state index is 13.4. The predicted molar refractivity (Wildman–Crippen MR) is 128 cm³/mol. The quantitative estimate of drug-likeness (QED) is 0.496. The maximum Gasteiger partial charge on any atom is 0.331 e. The van der Waals surface area contributed by atoms with Crippen LogP contribution in [0, 0.1) is 17.8 Å². The molecule has 7 nitrogen and oxygen atoms in total. The number of carboxylic acids is 1. The number of amides is 2. The van der Waals surface area contributed by atoms with Crippen LogP contribution in [0.1, 0.15) is 74.7 Å². The third kappa shape index (κ3) is 7.32. The first-order chi connectivity index (χ1) is 14.8. The van der Waals surface area contributed by atoms with Crippen molar-refractivity contribution in [3.63, 3.8) is 0 Å². The van der Waals surface area contributed by atoms with E-state index in [0.29, 0.717) is 5.92 Å². The molecule has 184 valence electrons. The first-order valence-electron chi connectivity index (χ1n) is 12.1. The van der Waals surface area contributed by atoms with E-state index in [9.17, 15) is 19.5 Å². The Morgan fingerprint density at radius 2 is 1.69 bits per heavy atom. The van der Waals surface area contributed by atoms with E-state index in [1.165, 1.54) is 6.92 Å². The van der Waals surface area contributed by atoms with Gasteiger partial charge in [-0.05, 0) is 51.4 Å². The summed E-state index contributed by atoms with van der Waals surface area (Å²) >= 11 is 0. The molecule has 2 amide bonds. The van der Waals surface area contributed by atoms with Crippen LogP contribution in [0.25, 0.3) is 0 Å². The first kappa shape index (κ1) is 28.1. The van der Waals surface area contributed by atoms with Gasteiger partial charge in [-0.3, -0.25) is 14.5 Å². The fourth-order valence-corrected chi connectivity index (χ4v) is 4.47. The van der Waals surface area contributed by atoms with Gasteiger partial charge in [0.1, 0.15) is 6.04 Å². The molecule has 7 heteroatoms. The van der Waals surface area contributed by atoms with Gasteiger partial charge in [0, 0.05) is 25.2 Å². The summed E-state index contributed by atoms with van der Waals surface area (Å²) in [6.45, 7) is 16.6. The zero-order valence-corrected chi connectivity index (χ0v) is 21.5. The van der Waals surface area contributed by atoms with E-state index in [1.54, 1.807) is 18.0 Å². The van der Waals surface area contributed by atoms with Crippen molar-refractivity contribution in [3.8, 4) is 0 Å². The van der Waals surface area contributed by atoms with Gasteiger partial charge in [-0.1, -0.05) is 47.1 Å². The smallest absolute Gasteiger partial charge is 0.331 e. The lowest BCUT2D eigenvalue weighted by Gasteiger charge is -2.42. The summed E-state index contributed by atoms with van der Waals surface area (Å²) in [5, 5.41) is 12.3. The molecule has 0 aromatic carbocycles. The Morgan fingerprint density at radius 3 is 2.12 bits per heavy atom. The van der Waals surface area contributed by atoms with Crippen LogP contribution in [-0.4, -0.2) is 70.4 Å². The lowest BCUT2D eigenvalue weighted by Crippen LogP contribution is -2.59. The number of hydrogen-bond donors (Lipinski definition) is 2. The number of carbonyl (C=O) groups is 3. The van der Waals surface area contributed by atoms with Gasteiger partial charge in [0.15, 0.2) is 0 Å². The number of likely N-dealkylation sites (N-methyl/N-ethyl adjacent to an activating group) is 1. The third-order valence-electron chi connectivity index (χ3n) is 6.73. The maximum atomic E-state index is 13.4. The predicted octanol–water partition coefficient (Wildman–Crippen LogP) is 3.54. The van der Waals surface area contributed by atoms with Crippen molar-refractivity contribution in [3.05, 3.63) is 11.6 Å². The number of aliphatic carboxylic acids is 1. The van der Waals surface area contributed by atoms with Crippen molar-refractivity contribution < 1.29 is 19.5 Å². The van der Waals surface area contributed by atoms with Crippen LogP contribution in [0.4, 0.5) is 0 Å². The van der Waals surface area contributed by atoms with Crippen LogP contribution >= 0.6 is 0 Å². The molecule has 0 bridgehead atoms. The van der Waals surface area contributed by atoms with E-state index in [-0.39, 0.29) is 47.3 Å². The van der Waals surface area contributed by atoms with Crippen molar-refractivity contribution in [1.29, 1.82) is 0 Å². The molecule has 1 heterocycles. The minimum absolute atomic E-state index is 0.0301. The SMILES string of the molecule is CC[C@@H]1CC[C@H](C(=O)N[C@H](C(=O)N(C)[C@H](C=C(C)C(=O)O)C(C)C)C(C)C)N(C(C)C)C1. The number of nitrogens with zero attached hydrogens (tertiary/aromatic N) is 2. The summed E-state index contributed by atoms with van der Waals surface area (Å²) in [7, 11) is 1.69. The Balaban J connectivity index is 3.06. The van der Waals surface area contributed by atoms with E-state index in [1.807, 2.05) is 27.7 Å². The molecule has 0 aromatic heterocycles. The zero-order chi connectivity index (χ0) is 24.7. The molecule has 0 aliphatic carbocycles. The highest BCUT2D eigenvalue weighted by atomic mass is 16.4. The Bertz CT molecular complexity index is 687. The van der Waals surface area contributed by atoms with Crippen molar-refractivity contribution in [2.75, 3.05) is 13.6 Å². The van der Waals surface area contributed by atoms with Gasteiger partial charge >= 0.3 is 5.97 Å². The minimum atomic E-state index is -0.998. The molecule has 4 atom stereocenters. The highest BCUT2D eigenvalue weighted by Crippen LogP contribution is 2.26. The second-order valence-electron chi connectivity index (χ2n) is 10.2. The molecule has 1 saturated heterocycles. The third-order valence-corrected chi connectivity index (χ3v) is 6.73. The number of piperidine rings is 1. The molecule has 0 aromatic rings. The fourth-order valence-electron chi connectivity index (χ4n) is 4.47. The molecule has 32 heavy (non-hydrogen) atoms. The zero-order valence-electron chi connectivity index (χ0n) is 21.5. The summed E-state index contributed by atoms with van der Waals surface area (Å²) in [6, 6.07) is -1.01. The molecule has 1 aliphatic rings. The van der Waals surface area contributed by atoms with Crippen LogP contribution in [0.15, 0.2) is 11.6 Å². The molecule has 0 saturated carbocycles. The van der Waals surface area contributed by atoms with Crippen LogP contribution in [-0.2, 0) is 14.4 Å². The molecule has 1 rings (SSSR count). The average Bonchev–Trinajstić information content (AvgIpc) is 2.73. The van der Waals surface area contributed by atoms with Gasteiger partial charge in [-0.15, -0.1) is 0 Å². The van der Waals surface area contributed by atoms with E-state index >= 15 is 0 Å². The number of carboxylic acid groups (broad SMARTS) is 1. The molecule has 1 fully saturated rings. The first-order valence-corrected chi connectivity index (χ1v) is 12.1. The number of rotatable bonds is 10. The van der Waals surface area contributed by atoms with Crippen LogP contribution < -0.4 is 5.32 Å². The molecule has 0 unspecified atom stereocenters. The summed E-state index contributed by atoms with van der Waals surface area (Å²) in [6.07, 6.45) is 4.55. The van der Waals surface area contributed by atoms with Gasteiger partial charge in [0.05, 0.1) is 12.1 Å². The summed E-state index contributed by atoms with van der Waals surface area (Å²) in [5.41, 5.74) is 0.203. The second-order valence-corrected chi connectivity index (χ2v) is 10.2. The fraction of sp³-hybridized carbons (Fsp3) is 0.800. The number of likely N-dealkylation sites (tertiary alicyclic amines) is 1. The molecule has 2 N–H and O–H groups in total. The van der Waals surface area contributed by atoms with Gasteiger partial charge in [-0.2, -0.15) is 0 Å². The topological polar surface area (TPSA) is 90.0 Å². The van der Waals surface area contributed by atoms with Gasteiger partial charge in [0.25, 0.3) is 0 Å². The molecular weight excluding hydrogens is 406 g/mol. The Labute approximate surface area is 194 Å². The van der Waals surface area contributed by atoms with Gasteiger partial charge in [-0.25, -0.2) is 4.79 Å². The largest absolute Gasteiger partial charge is 0.478 e. The normalized spacial score (nSPS) is 22.2. The molecule has 1 aliphatic heterocycles. The molecular formula is C25H45N3O4. The van der Waals surface area contributed by atoms with Crippen LogP contribution in [0.5, 0.6) is 0 Å². The highest BCUT2D eigenvalue weighted by molar-refractivity contribution is 5.90. The minimum Gasteiger partial charge on any atom is -0.478 e. The number of nitrogens with one attached hydrogen (secondary N) is 1. The lowest BCUT2D eigenvalue weighted by molar-refractivity contribution is -0.140. The highest BCUT2D eigenvalue weighted by Gasteiger charge is 2.37. The van der Waals surface area contributed by atoms with Crippen molar-refractivity contribution in [2.45, 2.75) is 98.8 Å². The Morgan fingerprint density at radius 1 is 1.09 bits per heavy atom. The Hall–Kier alpha value is -1.89. The van der Waals surface area contributed by atoms with Gasteiger partial charge in [0.2, 0.25) is 11.8 Å². The van der Waals surface area contributed by atoms with E-state index < -0.39 is 12.0 Å². The summed E-state index contributed by atoms with van der Waals surface area (Å²) in [4.78, 5) is 41.9. The Kier molecular flexibility index (Phi) is 10.9. The van der Waals surface area contributed by atoms with E-state index in [2.05, 4.69) is 31.0 Å². The van der Waals surface area contributed by atoms with Crippen LogP contribution in [0.3, 0.4) is 0 Å². The lowest BCUT2D eigenvalue weighted by atomic mass is 9.89. The molecule has 0 radical (unpaired) electrons. The van der Waals surface area contributed by atoms with Crippen molar-refractivity contribution in [2.24, 2.45) is 17.8 Å². The van der Waals surface area contributed by atoms with E-state index in [0.717, 1.165) is 25.8 Å². The standard InChI is InChI=1S/C25H45N3O4/c1-10-19-11-12-20(28(14-19)17(6)7)23(29)26-22(16(4)5)24(30)27(9)21(15(2)3)13-18(8)25(31)32/h13,15-17,19-22H,10-12,14H2,1-9H3,(H,26,29)(H,31,32)/t19-,20-,21-,22+/m1/s1. The summed E-state index contributed by atoms with van der Waals surface area (Å²) < 4.78 is 0.